The third-order valence-electron chi connectivity index (χ3n) is 4.72. The van der Waals surface area contributed by atoms with E-state index in [0.29, 0.717) is 13.2 Å². The Kier molecular flexibility index (Phi) is 6.67. The third-order valence-corrected chi connectivity index (χ3v) is 4.72. The smallest absolute Gasteiger partial charge is 0.407 e. The van der Waals surface area contributed by atoms with Crippen molar-refractivity contribution >= 4 is 6.09 Å². The van der Waals surface area contributed by atoms with Gasteiger partial charge in [0.1, 0.15) is 6.10 Å². The molecule has 1 fully saturated rings. The summed E-state index contributed by atoms with van der Waals surface area (Å²) in [5.41, 5.74) is 3.64. The molecule has 2 aromatic rings. The number of hydrogen-bond acceptors (Lipinski definition) is 3. The molecular formula is C22H27NO3. The Morgan fingerprint density at radius 1 is 1.04 bits per heavy atom. The van der Waals surface area contributed by atoms with E-state index < -0.39 is 0 Å². The van der Waals surface area contributed by atoms with Gasteiger partial charge in [0, 0.05) is 13.0 Å². The van der Waals surface area contributed by atoms with Gasteiger partial charge in [-0.3, -0.25) is 0 Å². The van der Waals surface area contributed by atoms with E-state index in [0.717, 1.165) is 31.2 Å². The second-order valence-electron chi connectivity index (χ2n) is 6.91. The topological polar surface area (TPSA) is 47.6 Å². The van der Waals surface area contributed by atoms with Gasteiger partial charge >= 0.3 is 6.09 Å². The van der Waals surface area contributed by atoms with Crippen molar-refractivity contribution < 1.29 is 14.3 Å². The average Bonchev–Trinajstić information content (AvgIpc) is 3.08. The Hall–Kier alpha value is -2.33. The van der Waals surface area contributed by atoms with Crippen LogP contribution in [0.3, 0.4) is 0 Å². The van der Waals surface area contributed by atoms with Gasteiger partial charge in [0.05, 0.1) is 12.7 Å². The fraction of sp³-hybridized carbons (Fsp3) is 0.409. The first kappa shape index (κ1) is 18.5. The van der Waals surface area contributed by atoms with Crippen molar-refractivity contribution in [2.75, 3.05) is 6.61 Å². The molecule has 0 spiro atoms. The fourth-order valence-corrected chi connectivity index (χ4v) is 3.33. The monoisotopic (exact) mass is 353 g/mol. The van der Waals surface area contributed by atoms with Crippen LogP contribution in [0.2, 0.25) is 0 Å². The van der Waals surface area contributed by atoms with Gasteiger partial charge in [-0.2, -0.15) is 0 Å². The zero-order chi connectivity index (χ0) is 18.2. The Balaban J connectivity index is 1.32. The highest BCUT2D eigenvalue weighted by Gasteiger charge is 2.28. The molecule has 1 amide bonds. The van der Waals surface area contributed by atoms with E-state index >= 15 is 0 Å². The predicted molar refractivity (Wildman–Crippen MR) is 102 cm³/mol. The van der Waals surface area contributed by atoms with Crippen LogP contribution in [-0.4, -0.2) is 24.9 Å². The van der Waals surface area contributed by atoms with E-state index in [1.54, 1.807) is 0 Å². The molecule has 138 valence electrons. The van der Waals surface area contributed by atoms with E-state index in [-0.39, 0.29) is 18.3 Å². The van der Waals surface area contributed by atoms with Crippen molar-refractivity contribution in [1.29, 1.82) is 0 Å². The summed E-state index contributed by atoms with van der Waals surface area (Å²) >= 11 is 0. The molecule has 1 saturated carbocycles. The maximum Gasteiger partial charge on any atom is 0.407 e. The van der Waals surface area contributed by atoms with Crippen LogP contribution >= 0.6 is 0 Å². The molecule has 1 N–H and O–H groups in total. The van der Waals surface area contributed by atoms with E-state index in [1.807, 2.05) is 30.3 Å². The zero-order valence-corrected chi connectivity index (χ0v) is 15.3. The number of amides is 1. The minimum absolute atomic E-state index is 0.0465. The molecule has 0 aromatic heterocycles. The normalized spacial score (nSPS) is 19.3. The summed E-state index contributed by atoms with van der Waals surface area (Å²) in [4.78, 5) is 11.9. The molecule has 0 bridgehead atoms. The lowest BCUT2D eigenvalue weighted by atomic mass is 10.1. The molecule has 0 heterocycles. The van der Waals surface area contributed by atoms with Crippen LogP contribution in [0.25, 0.3) is 0 Å². The second kappa shape index (κ2) is 9.39. The summed E-state index contributed by atoms with van der Waals surface area (Å²) in [6.45, 7) is 3.30. The summed E-state index contributed by atoms with van der Waals surface area (Å²) in [5.74, 6) is 0. The summed E-state index contributed by atoms with van der Waals surface area (Å²) in [6.07, 6.45) is 3.31. The van der Waals surface area contributed by atoms with Crippen molar-refractivity contribution in [3.05, 3.63) is 71.3 Å². The number of ether oxygens (including phenoxy) is 2. The lowest BCUT2D eigenvalue weighted by Crippen LogP contribution is -2.28. The molecule has 1 aliphatic rings. The minimum Gasteiger partial charge on any atom is -0.446 e. The van der Waals surface area contributed by atoms with E-state index in [1.165, 1.54) is 11.1 Å². The maximum atomic E-state index is 11.9. The van der Waals surface area contributed by atoms with Crippen LogP contribution < -0.4 is 5.32 Å². The molecule has 1 aliphatic carbocycles. The highest BCUT2D eigenvalue weighted by Crippen LogP contribution is 2.25. The predicted octanol–water partition coefficient (Wildman–Crippen LogP) is 4.40. The lowest BCUT2D eigenvalue weighted by Gasteiger charge is -2.14. The molecule has 26 heavy (non-hydrogen) atoms. The number of nitrogens with one attached hydrogen (secondary N) is 1. The number of aryl methyl sites for hydroxylation is 1. The van der Waals surface area contributed by atoms with Crippen molar-refractivity contribution in [2.45, 2.75) is 51.4 Å². The van der Waals surface area contributed by atoms with Crippen LogP contribution in [0, 0.1) is 6.92 Å². The highest BCUT2D eigenvalue weighted by atomic mass is 16.6. The van der Waals surface area contributed by atoms with Crippen molar-refractivity contribution in [2.24, 2.45) is 0 Å². The number of rotatable bonds is 7. The van der Waals surface area contributed by atoms with E-state index in [4.69, 9.17) is 9.47 Å². The van der Waals surface area contributed by atoms with Crippen molar-refractivity contribution in [1.82, 2.24) is 5.32 Å². The molecule has 2 aromatic carbocycles. The summed E-state index contributed by atoms with van der Waals surface area (Å²) in [7, 11) is 0. The molecule has 2 unspecified atom stereocenters. The number of carbonyl (C=O) groups is 1. The standard InChI is InChI=1S/C22H27NO3/c1-17-6-5-9-18(14-17)12-13-25-20-10-11-21(15-20)26-22(24)23-16-19-7-3-2-4-8-19/h2-9,14,20-21H,10-13,15-16H2,1H3,(H,23,24). The van der Waals surface area contributed by atoms with Gasteiger partial charge in [0.2, 0.25) is 0 Å². The van der Waals surface area contributed by atoms with Crippen LogP contribution in [0.1, 0.15) is 36.0 Å². The van der Waals surface area contributed by atoms with Gasteiger partial charge in [-0.05, 0) is 37.3 Å². The van der Waals surface area contributed by atoms with E-state index in [9.17, 15) is 4.79 Å². The number of hydrogen-bond donors (Lipinski definition) is 1. The SMILES string of the molecule is Cc1cccc(CCOC2CCC(OC(=O)NCc3ccccc3)C2)c1. The molecule has 0 saturated heterocycles. The van der Waals surface area contributed by atoms with Crippen LogP contribution in [-0.2, 0) is 22.4 Å². The van der Waals surface area contributed by atoms with Gasteiger partial charge in [0.25, 0.3) is 0 Å². The van der Waals surface area contributed by atoms with Crippen molar-refractivity contribution in [3.63, 3.8) is 0 Å². The molecule has 0 radical (unpaired) electrons. The average molecular weight is 353 g/mol. The molecule has 0 aliphatic heterocycles. The first-order valence-electron chi connectivity index (χ1n) is 9.34. The number of alkyl carbamates (subject to hydrolysis) is 1. The first-order valence-corrected chi connectivity index (χ1v) is 9.34. The van der Waals surface area contributed by atoms with Crippen LogP contribution in [0.4, 0.5) is 4.79 Å². The summed E-state index contributed by atoms with van der Waals surface area (Å²) in [5, 5.41) is 2.81. The summed E-state index contributed by atoms with van der Waals surface area (Å²) < 4.78 is 11.5. The quantitative estimate of drug-likeness (QED) is 0.802. The zero-order valence-electron chi connectivity index (χ0n) is 15.3. The summed E-state index contributed by atoms with van der Waals surface area (Å²) in [6, 6.07) is 18.3. The Labute approximate surface area is 155 Å². The molecule has 3 rings (SSSR count). The molecular weight excluding hydrogens is 326 g/mol. The van der Waals surface area contributed by atoms with Gasteiger partial charge < -0.3 is 14.8 Å². The lowest BCUT2D eigenvalue weighted by molar-refractivity contribution is 0.0434. The first-order chi connectivity index (χ1) is 12.7. The van der Waals surface area contributed by atoms with Crippen LogP contribution in [0.15, 0.2) is 54.6 Å². The Morgan fingerprint density at radius 3 is 2.62 bits per heavy atom. The van der Waals surface area contributed by atoms with Gasteiger partial charge in [-0.1, -0.05) is 60.2 Å². The van der Waals surface area contributed by atoms with Gasteiger partial charge in [0.15, 0.2) is 0 Å². The van der Waals surface area contributed by atoms with Gasteiger partial charge in [-0.15, -0.1) is 0 Å². The van der Waals surface area contributed by atoms with E-state index in [2.05, 4.69) is 36.5 Å². The Morgan fingerprint density at radius 2 is 1.81 bits per heavy atom. The maximum absolute atomic E-state index is 11.9. The van der Waals surface area contributed by atoms with Crippen molar-refractivity contribution in [3.8, 4) is 0 Å². The van der Waals surface area contributed by atoms with Crippen LogP contribution in [0.5, 0.6) is 0 Å². The second-order valence-corrected chi connectivity index (χ2v) is 6.91. The van der Waals surface area contributed by atoms with Gasteiger partial charge in [-0.25, -0.2) is 4.79 Å². The molecule has 4 nitrogen and oxygen atoms in total. The highest BCUT2D eigenvalue weighted by molar-refractivity contribution is 5.67. The molecule has 2 atom stereocenters. The Bertz CT molecular complexity index is 702. The fourth-order valence-electron chi connectivity index (χ4n) is 3.33. The largest absolute Gasteiger partial charge is 0.446 e. The molecule has 4 heteroatoms. The number of carbonyl (C=O) groups excluding carboxylic acids is 1. The third kappa shape index (κ3) is 5.88. The number of benzene rings is 2. The minimum atomic E-state index is -0.348.